The first-order valence-corrected chi connectivity index (χ1v) is 9.74. The summed E-state index contributed by atoms with van der Waals surface area (Å²) in [7, 11) is 1.60. The van der Waals surface area contributed by atoms with Crippen LogP contribution in [-0.4, -0.2) is 23.4 Å². The molecule has 3 rings (SSSR count). The van der Waals surface area contributed by atoms with Gasteiger partial charge in [-0.05, 0) is 49.7 Å². The van der Waals surface area contributed by atoms with Gasteiger partial charge < -0.3 is 15.2 Å². The number of benzene rings is 2. The number of nitrogens with one attached hydrogen (secondary N) is 2. The van der Waals surface area contributed by atoms with Crippen molar-refractivity contribution in [2.24, 2.45) is 0 Å². The number of nitrogens with zero attached hydrogens (tertiary/aromatic N) is 1. The van der Waals surface area contributed by atoms with E-state index in [9.17, 15) is 9.59 Å². The molecule has 2 amide bonds. The topological polar surface area (TPSA) is 63.1 Å². The molecule has 5 nitrogen and oxygen atoms in total. The van der Waals surface area contributed by atoms with Gasteiger partial charge in [0.15, 0.2) is 0 Å². The molecule has 1 heterocycles. The van der Waals surface area contributed by atoms with E-state index in [1.165, 1.54) is 0 Å². The predicted octanol–water partition coefficient (Wildman–Crippen LogP) is 4.40. The largest absolute Gasteiger partial charge is 0.359 e. The van der Waals surface area contributed by atoms with Gasteiger partial charge >= 0.3 is 0 Å². The summed E-state index contributed by atoms with van der Waals surface area (Å²) in [5.74, 6) is -0.298. The lowest BCUT2D eigenvalue weighted by Crippen LogP contribution is -2.21. The number of aryl methyl sites for hydroxylation is 1. The van der Waals surface area contributed by atoms with E-state index in [1.54, 1.807) is 7.05 Å². The number of halogens is 1. The molecule has 0 bridgehead atoms. The number of carbonyl (C=O) groups is 2. The number of hydrogen-bond acceptors (Lipinski definition) is 2. The average Bonchev–Trinajstić information content (AvgIpc) is 2.97. The van der Waals surface area contributed by atoms with E-state index in [0.29, 0.717) is 11.3 Å². The molecule has 0 aliphatic carbocycles. The molecule has 1 aromatic heterocycles. The zero-order valence-electron chi connectivity index (χ0n) is 16.0. The number of amides is 2. The predicted molar refractivity (Wildman–Crippen MR) is 115 cm³/mol. The summed E-state index contributed by atoms with van der Waals surface area (Å²) >= 11 is 3.50. The molecule has 0 aliphatic heterocycles. The first-order chi connectivity index (χ1) is 13.4. The number of hydrogen-bond donors (Lipinski definition) is 2. The van der Waals surface area contributed by atoms with Gasteiger partial charge in [0.1, 0.15) is 0 Å². The van der Waals surface area contributed by atoms with Crippen molar-refractivity contribution in [3.05, 3.63) is 81.6 Å². The Morgan fingerprint density at radius 1 is 1.04 bits per heavy atom. The molecule has 2 N–H and O–H groups in total. The molecule has 0 saturated heterocycles. The van der Waals surface area contributed by atoms with Crippen molar-refractivity contribution in [3.8, 4) is 5.69 Å². The number of aromatic nitrogens is 1. The zero-order valence-corrected chi connectivity index (χ0v) is 17.6. The SMILES string of the molecule is CNC(=O)Cc1ccccc1NC(=O)c1cc(C)n(-c2cccc(Br)c2)c1C. The third-order valence-electron chi connectivity index (χ3n) is 4.64. The molecule has 0 spiro atoms. The summed E-state index contributed by atoms with van der Waals surface area (Å²) in [5, 5.41) is 5.57. The fourth-order valence-corrected chi connectivity index (χ4v) is 3.64. The van der Waals surface area contributed by atoms with Crippen LogP contribution in [-0.2, 0) is 11.2 Å². The van der Waals surface area contributed by atoms with Crippen LogP contribution in [0.3, 0.4) is 0 Å². The molecule has 3 aromatic rings. The fourth-order valence-electron chi connectivity index (χ4n) is 3.25. The highest BCUT2D eigenvalue weighted by Crippen LogP contribution is 2.24. The van der Waals surface area contributed by atoms with Gasteiger partial charge in [-0.3, -0.25) is 9.59 Å². The van der Waals surface area contributed by atoms with Crippen LogP contribution in [0, 0.1) is 13.8 Å². The van der Waals surface area contributed by atoms with Gasteiger partial charge in [0, 0.05) is 34.3 Å². The summed E-state index contributed by atoms with van der Waals surface area (Å²) in [6.45, 7) is 3.91. The van der Waals surface area contributed by atoms with E-state index in [4.69, 9.17) is 0 Å². The van der Waals surface area contributed by atoms with Gasteiger partial charge in [-0.15, -0.1) is 0 Å². The lowest BCUT2D eigenvalue weighted by atomic mass is 10.1. The van der Waals surface area contributed by atoms with Gasteiger partial charge in [-0.25, -0.2) is 0 Å². The minimum Gasteiger partial charge on any atom is -0.359 e. The number of carbonyl (C=O) groups excluding carboxylic acids is 2. The summed E-state index contributed by atoms with van der Waals surface area (Å²) in [6.07, 6.45) is 0.212. The maximum atomic E-state index is 13.0. The van der Waals surface area contributed by atoms with Gasteiger partial charge in [0.25, 0.3) is 5.91 Å². The first-order valence-electron chi connectivity index (χ1n) is 8.95. The van der Waals surface area contributed by atoms with Crippen molar-refractivity contribution < 1.29 is 9.59 Å². The minimum absolute atomic E-state index is 0.102. The Kier molecular flexibility index (Phi) is 5.99. The highest BCUT2D eigenvalue weighted by Gasteiger charge is 2.18. The van der Waals surface area contributed by atoms with Crippen molar-refractivity contribution in [1.29, 1.82) is 0 Å². The van der Waals surface area contributed by atoms with Crippen molar-refractivity contribution in [1.82, 2.24) is 9.88 Å². The zero-order chi connectivity index (χ0) is 20.3. The quantitative estimate of drug-likeness (QED) is 0.618. The third kappa shape index (κ3) is 4.17. The van der Waals surface area contributed by atoms with Crippen LogP contribution in [0.4, 0.5) is 5.69 Å². The maximum absolute atomic E-state index is 13.0. The summed E-state index contributed by atoms with van der Waals surface area (Å²) < 4.78 is 3.03. The Hall–Kier alpha value is -2.86. The molecular formula is C22H22BrN3O2. The highest BCUT2D eigenvalue weighted by molar-refractivity contribution is 9.10. The molecule has 0 radical (unpaired) electrons. The highest BCUT2D eigenvalue weighted by atomic mass is 79.9. The van der Waals surface area contributed by atoms with Crippen LogP contribution in [0.25, 0.3) is 5.69 Å². The van der Waals surface area contributed by atoms with Crippen LogP contribution in [0.15, 0.2) is 59.1 Å². The van der Waals surface area contributed by atoms with E-state index in [2.05, 4.69) is 31.1 Å². The van der Waals surface area contributed by atoms with Crippen molar-refractivity contribution in [2.75, 3.05) is 12.4 Å². The Labute approximate surface area is 172 Å². The second kappa shape index (κ2) is 8.44. The van der Waals surface area contributed by atoms with E-state index < -0.39 is 0 Å². The summed E-state index contributed by atoms with van der Waals surface area (Å²) in [6, 6.07) is 17.2. The minimum atomic E-state index is -0.196. The first kappa shape index (κ1) is 19.9. The van der Waals surface area contributed by atoms with E-state index in [1.807, 2.05) is 68.4 Å². The second-order valence-electron chi connectivity index (χ2n) is 6.56. The van der Waals surface area contributed by atoms with Crippen LogP contribution in [0.5, 0.6) is 0 Å². The van der Waals surface area contributed by atoms with Crippen molar-refractivity contribution in [2.45, 2.75) is 20.3 Å². The van der Waals surface area contributed by atoms with Gasteiger partial charge in [0.2, 0.25) is 5.91 Å². The lowest BCUT2D eigenvalue weighted by Gasteiger charge is -2.12. The smallest absolute Gasteiger partial charge is 0.257 e. The third-order valence-corrected chi connectivity index (χ3v) is 5.13. The second-order valence-corrected chi connectivity index (χ2v) is 7.48. The molecular weight excluding hydrogens is 418 g/mol. The van der Waals surface area contributed by atoms with Gasteiger partial charge in [0.05, 0.1) is 12.0 Å². The van der Waals surface area contributed by atoms with Gasteiger partial charge in [-0.2, -0.15) is 0 Å². The fraction of sp³-hybridized carbons (Fsp3) is 0.182. The number of likely N-dealkylation sites (N-methyl/N-ethyl adjacent to an activating group) is 1. The molecule has 144 valence electrons. The number of para-hydroxylation sites is 1. The monoisotopic (exact) mass is 439 g/mol. The van der Waals surface area contributed by atoms with Crippen molar-refractivity contribution >= 4 is 33.4 Å². The Morgan fingerprint density at radius 2 is 1.79 bits per heavy atom. The molecule has 28 heavy (non-hydrogen) atoms. The van der Waals surface area contributed by atoms with Crippen LogP contribution in [0.2, 0.25) is 0 Å². The Balaban J connectivity index is 1.91. The van der Waals surface area contributed by atoms with Crippen LogP contribution < -0.4 is 10.6 Å². The molecule has 0 fully saturated rings. The maximum Gasteiger partial charge on any atom is 0.257 e. The van der Waals surface area contributed by atoms with Gasteiger partial charge in [-0.1, -0.05) is 40.2 Å². The Bertz CT molecular complexity index is 1040. The average molecular weight is 440 g/mol. The van der Waals surface area contributed by atoms with Crippen LogP contribution >= 0.6 is 15.9 Å². The molecule has 2 aromatic carbocycles. The van der Waals surface area contributed by atoms with Crippen molar-refractivity contribution in [3.63, 3.8) is 0 Å². The standard InChI is InChI=1S/C22H22BrN3O2/c1-14-11-19(15(2)26(14)18-9-6-8-17(23)13-18)22(28)25-20-10-5-4-7-16(20)12-21(27)24-3/h4-11,13H,12H2,1-3H3,(H,24,27)(H,25,28). The number of anilines is 1. The molecule has 6 heteroatoms. The van der Waals surface area contributed by atoms with Crippen LogP contribution in [0.1, 0.15) is 27.3 Å². The summed E-state index contributed by atoms with van der Waals surface area (Å²) in [5.41, 5.74) is 4.84. The van der Waals surface area contributed by atoms with E-state index >= 15 is 0 Å². The lowest BCUT2D eigenvalue weighted by molar-refractivity contribution is -0.119. The molecule has 0 atom stereocenters. The van der Waals surface area contributed by atoms with E-state index in [0.717, 1.165) is 27.1 Å². The van der Waals surface area contributed by atoms with E-state index in [-0.39, 0.29) is 18.2 Å². The molecule has 0 saturated carbocycles. The Morgan fingerprint density at radius 3 is 2.50 bits per heavy atom. The summed E-state index contributed by atoms with van der Waals surface area (Å²) in [4.78, 5) is 24.7. The molecule has 0 unspecified atom stereocenters. The normalized spacial score (nSPS) is 10.6. The molecule has 0 aliphatic rings. The number of rotatable bonds is 5.